The first kappa shape index (κ1) is 29.6. The van der Waals surface area contributed by atoms with Crippen molar-refractivity contribution in [2.24, 2.45) is 5.92 Å². The van der Waals surface area contributed by atoms with Crippen molar-refractivity contribution in [3.63, 3.8) is 0 Å². The molecule has 0 aromatic heterocycles. The zero-order valence-electron chi connectivity index (χ0n) is 23.9. The number of likely N-dealkylation sites (tertiary alicyclic amines) is 2. The summed E-state index contributed by atoms with van der Waals surface area (Å²) in [4.78, 5) is 31.8. The lowest BCUT2D eigenvalue weighted by molar-refractivity contribution is 0.121. The van der Waals surface area contributed by atoms with Gasteiger partial charge < -0.3 is 34.6 Å². The molecule has 10 nitrogen and oxygen atoms in total. The van der Waals surface area contributed by atoms with Gasteiger partial charge in [-0.1, -0.05) is 23.7 Å². The van der Waals surface area contributed by atoms with Crippen molar-refractivity contribution in [2.45, 2.75) is 31.3 Å². The average molecular weight is 574 g/mol. The van der Waals surface area contributed by atoms with Crippen molar-refractivity contribution in [1.82, 2.24) is 20.0 Å². The number of ether oxygens (including phenoxy) is 3. The SMILES string of the molecule is COc1cc(NC(=O)N[C@H]2CN(C(=O)N(C)C)C[C@@H]2N2CCC(Cc3ccc(Cl)cc3)CC2)cc(OC)c1OC. The topological polar surface area (TPSA) is 95.6 Å². The number of halogens is 1. The summed E-state index contributed by atoms with van der Waals surface area (Å²) in [6.07, 6.45) is 3.15. The van der Waals surface area contributed by atoms with Gasteiger partial charge >= 0.3 is 12.1 Å². The molecule has 2 aromatic carbocycles. The van der Waals surface area contributed by atoms with Gasteiger partial charge in [0.05, 0.1) is 33.1 Å². The first-order chi connectivity index (χ1) is 19.2. The Hall–Kier alpha value is -3.37. The Morgan fingerprint density at radius 1 is 0.975 bits per heavy atom. The van der Waals surface area contributed by atoms with Crippen LogP contribution in [0.25, 0.3) is 0 Å². The summed E-state index contributed by atoms with van der Waals surface area (Å²) in [6.45, 7) is 2.84. The van der Waals surface area contributed by atoms with Gasteiger partial charge in [0, 0.05) is 50.4 Å². The largest absolute Gasteiger partial charge is 0.493 e. The van der Waals surface area contributed by atoms with Crippen LogP contribution in [-0.4, -0.2) is 100 Å². The second-order valence-electron chi connectivity index (χ2n) is 10.6. The van der Waals surface area contributed by atoms with E-state index in [9.17, 15) is 9.59 Å². The van der Waals surface area contributed by atoms with Crippen molar-refractivity contribution in [1.29, 1.82) is 0 Å². The Morgan fingerprint density at radius 2 is 1.60 bits per heavy atom. The number of nitrogens with zero attached hydrogens (tertiary/aromatic N) is 3. The number of rotatable bonds is 8. The number of hydrogen-bond donors (Lipinski definition) is 2. The van der Waals surface area contributed by atoms with Crippen molar-refractivity contribution in [2.75, 3.05) is 66.9 Å². The molecule has 0 bridgehead atoms. The van der Waals surface area contributed by atoms with Crippen LogP contribution < -0.4 is 24.8 Å². The van der Waals surface area contributed by atoms with Crippen LogP contribution in [0, 0.1) is 5.92 Å². The number of carbonyl (C=O) groups is 2. The highest BCUT2D eigenvalue weighted by Crippen LogP contribution is 2.40. The number of carbonyl (C=O) groups excluding carboxylic acids is 2. The van der Waals surface area contributed by atoms with Gasteiger partial charge in [-0.25, -0.2) is 9.59 Å². The average Bonchev–Trinajstić information content (AvgIpc) is 3.36. The van der Waals surface area contributed by atoms with Crippen molar-refractivity contribution in [3.8, 4) is 17.2 Å². The van der Waals surface area contributed by atoms with Crippen LogP contribution in [0.4, 0.5) is 15.3 Å². The molecule has 0 spiro atoms. The second kappa shape index (κ2) is 13.3. The minimum atomic E-state index is -0.360. The molecule has 2 aliphatic rings. The van der Waals surface area contributed by atoms with Crippen LogP contribution in [0.5, 0.6) is 17.2 Å². The van der Waals surface area contributed by atoms with Crippen LogP contribution >= 0.6 is 11.6 Å². The standard InChI is InChI=1S/C29H40ClN5O5/c1-33(2)29(37)35-17-23(32-28(36)31-22-15-25(38-3)27(40-5)26(16-22)39-4)24(18-35)34-12-10-20(11-13-34)14-19-6-8-21(30)9-7-19/h6-9,15-16,20,23-24H,10-14,17-18H2,1-5H3,(H2,31,32,36)/t23-,24-/m0/s1. The third kappa shape index (κ3) is 7.03. The fourth-order valence-electron chi connectivity index (χ4n) is 5.67. The molecule has 0 saturated carbocycles. The fourth-order valence-corrected chi connectivity index (χ4v) is 5.79. The van der Waals surface area contributed by atoms with Gasteiger partial charge in [-0.05, 0) is 56.0 Å². The highest BCUT2D eigenvalue weighted by Gasteiger charge is 2.41. The molecule has 4 rings (SSSR count). The van der Waals surface area contributed by atoms with E-state index in [0.717, 1.165) is 37.4 Å². The van der Waals surface area contributed by atoms with Crippen LogP contribution in [0.15, 0.2) is 36.4 Å². The van der Waals surface area contributed by atoms with Gasteiger partial charge in [-0.3, -0.25) is 4.90 Å². The zero-order chi connectivity index (χ0) is 28.8. The Bertz CT molecular complexity index is 1140. The van der Waals surface area contributed by atoms with Gasteiger partial charge in [0.15, 0.2) is 11.5 Å². The molecule has 2 N–H and O–H groups in total. The molecular formula is C29H40ClN5O5. The highest BCUT2D eigenvalue weighted by atomic mass is 35.5. The van der Waals surface area contributed by atoms with Gasteiger partial charge in [0.25, 0.3) is 0 Å². The van der Waals surface area contributed by atoms with Crippen molar-refractivity contribution in [3.05, 3.63) is 47.0 Å². The summed E-state index contributed by atoms with van der Waals surface area (Å²) in [5.41, 5.74) is 1.81. The van der Waals surface area contributed by atoms with Crippen LogP contribution in [0.2, 0.25) is 5.02 Å². The van der Waals surface area contributed by atoms with Crippen molar-refractivity contribution < 1.29 is 23.8 Å². The van der Waals surface area contributed by atoms with E-state index in [-0.39, 0.29) is 24.1 Å². The molecule has 2 aliphatic heterocycles. The second-order valence-corrected chi connectivity index (χ2v) is 11.0. The first-order valence-corrected chi connectivity index (χ1v) is 13.9. The maximum absolute atomic E-state index is 13.2. The maximum atomic E-state index is 13.2. The summed E-state index contributed by atoms with van der Waals surface area (Å²) in [5, 5.41) is 6.77. The minimum absolute atomic E-state index is 0.0195. The van der Waals surface area contributed by atoms with E-state index in [1.807, 2.05) is 17.0 Å². The van der Waals surface area contributed by atoms with Crippen LogP contribution in [0.1, 0.15) is 18.4 Å². The van der Waals surface area contributed by atoms with Crippen LogP contribution in [0.3, 0.4) is 0 Å². The molecular weight excluding hydrogens is 534 g/mol. The Kier molecular flexibility index (Phi) is 9.86. The summed E-state index contributed by atoms with van der Waals surface area (Å²) < 4.78 is 16.2. The van der Waals surface area contributed by atoms with E-state index in [2.05, 4.69) is 27.7 Å². The van der Waals surface area contributed by atoms with E-state index in [4.69, 9.17) is 25.8 Å². The lowest BCUT2D eigenvalue weighted by Crippen LogP contribution is -2.54. The lowest BCUT2D eigenvalue weighted by atomic mass is 9.89. The third-order valence-electron chi connectivity index (χ3n) is 7.74. The van der Waals surface area contributed by atoms with E-state index in [0.29, 0.717) is 41.9 Å². The number of nitrogens with one attached hydrogen (secondary N) is 2. The van der Waals surface area contributed by atoms with E-state index >= 15 is 0 Å². The van der Waals surface area contributed by atoms with Gasteiger partial charge in [0.1, 0.15) is 0 Å². The zero-order valence-corrected chi connectivity index (χ0v) is 24.7. The maximum Gasteiger partial charge on any atom is 0.319 e. The Labute approximate surface area is 241 Å². The lowest BCUT2D eigenvalue weighted by Gasteiger charge is -2.38. The number of benzene rings is 2. The highest BCUT2D eigenvalue weighted by molar-refractivity contribution is 6.30. The van der Waals surface area contributed by atoms with E-state index in [1.165, 1.54) is 26.9 Å². The summed E-state index contributed by atoms with van der Waals surface area (Å²) in [6, 6.07) is 10.8. The third-order valence-corrected chi connectivity index (χ3v) is 7.99. The molecule has 2 aromatic rings. The van der Waals surface area contributed by atoms with E-state index in [1.54, 1.807) is 31.1 Å². The summed E-state index contributed by atoms with van der Waals surface area (Å²) in [5.74, 6) is 1.93. The molecule has 0 radical (unpaired) electrons. The number of hydrogen-bond acceptors (Lipinski definition) is 6. The first-order valence-electron chi connectivity index (χ1n) is 13.5. The fraction of sp³-hybridized carbons (Fsp3) is 0.517. The van der Waals surface area contributed by atoms with Crippen LogP contribution in [-0.2, 0) is 6.42 Å². The molecule has 4 amide bonds. The number of amides is 4. The normalized spacial score (nSPS) is 19.7. The molecule has 2 saturated heterocycles. The molecule has 2 heterocycles. The quantitative estimate of drug-likeness (QED) is 0.492. The van der Waals surface area contributed by atoms with Gasteiger partial charge in [0.2, 0.25) is 5.75 Å². The molecule has 2 atom stereocenters. The monoisotopic (exact) mass is 573 g/mol. The summed E-state index contributed by atoms with van der Waals surface area (Å²) in [7, 11) is 8.08. The molecule has 218 valence electrons. The molecule has 0 unspecified atom stereocenters. The number of anilines is 1. The van der Waals surface area contributed by atoms with Gasteiger partial charge in [-0.2, -0.15) is 0 Å². The molecule has 2 fully saturated rings. The predicted octanol–water partition coefficient (Wildman–Crippen LogP) is 4.18. The van der Waals surface area contributed by atoms with Gasteiger partial charge in [-0.15, -0.1) is 0 Å². The Morgan fingerprint density at radius 3 is 2.15 bits per heavy atom. The van der Waals surface area contributed by atoms with E-state index < -0.39 is 0 Å². The smallest absolute Gasteiger partial charge is 0.319 e. The molecule has 40 heavy (non-hydrogen) atoms. The number of piperidine rings is 1. The molecule has 0 aliphatic carbocycles. The van der Waals surface area contributed by atoms with Crippen molar-refractivity contribution >= 4 is 29.4 Å². The Balaban J connectivity index is 1.42. The summed E-state index contributed by atoms with van der Waals surface area (Å²) >= 11 is 6.05. The molecule has 11 heteroatoms. The number of urea groups is 2. The predicted molar refractivity (Wildman–Crippen MR) is 156 cm³/mol. The minimum Gasteiger partial charge on any atom is -0.493 e. The number of methoxy groups -OCH3 is 3.